The van der Waals surface area contributed by atoms with Gasteiger partial charge in [-0.05, 0) is 24.3 Å². The van der Waals surface area contributed by atoms with Gasteiger partial charge in [0.2, 0.25) is 11.8 Å². The van der Waals surface area contributed by atoms with E-state index < -0.39 is 30.0 Å². The van der Waals surface area contributed by atoms with Crippen molar-refractivity contribution in [2.24, 2.45) is 5.92 Å². The maximum atomic E-state index is 13.6. The van der Waals surface area contributed by atoms with E-state index in [9.17, 15) is 22.8 Å². The number of rotatable bonds is 5. The number of carbonyl (C=O) groups is 2. The van der Waals surface area contributed by atoms with E-state index in [2.05, 4.69) is 5.32 Å². The molecule has 1 aliphatic heterocycles. The summed E-state index contributed by atoms with van der Waals surface area (Å²) in [5.74, 6) is -3.46. The van der Waals surface area contributed by atoms with Crippen molar-refractivity contribution in [3.8, 4) is 5.75 Å². The van der Waals surface area contributed by atoms with Crippen LogP contribution in [0.15, 0.2) is 36.4 Å². The van der Waals surface area contributed by atoms with Crippen LogP contribution in [0.5, 0.6) is 5.75 Å². The Balaban J connectivity index is 1.66. The van der Waals surface area contributed by atoms with Crippen LogP contribution in [0.25, 0.3) is 0 Å². The number of anilines is 1. The first-order chi connectivity index (χ1) is 12.9. The van der Waals surface area contributed by atoms with Crippen molar-refractivity contribution in [1.82, 2.24) is 5.32 Å². The molecule has 1 heterocycles. The predicted molar refractivity (Wildman–Crippen MR) is 91.6 cm³/mol. The van der Waals surface area contributed by atoms with E-state index in [4.69, 9.17) is 4.74 Å². The van der Waals surface area contributed by atoms with Crippen molar-refractivity contribution in [1.29, 1.82) is 0 Å². The molecule has 0 aliphatic carbocycles. The highest BCUT2D eigenvalue weighted by Crippen LogP contribution is 2.27. The standard InChI is InChI=1S/C19H17F3N2O3/c1-23-19(26)11-6-18(25)24(9-11)13-2-4-14(5-3-13)27-10-15-16(21)7-12(20)8-17(15)22/h2-5,7-8,11H,6,9-10H2,1H3,(H,23,26)/t11-/m1/s1. The third kappa shape index (κ3) is 4.05. The largest absolute Gasteiger partial charge is 0.489 e. The number of halogens is 3. The molecule has 1 atom stereocenters. The molecule has 0 saturated carbocycles. The van der Waals surface area contributed by atoms with E-state index in [0.717, 1.165) is 0 Å². The van der Waals surface area contributed by atoms with Gasteiger partial charge < -0.3 is 15.0 Å². The highest BCUT2D eigenvalue weighted by Gasteiger charge is 2.34. The van der Waals surface area contributed by atoms with Gasteiger partial charge in [-0.15, -0.1) is 0 Å². The number of hydrogen-bond donors (Lipinski definition) is 1. The number of nitrogens with one attached hydrogen (secondary N) is 1. The molecule has 27 heavy (non-hydrogen) atoms. The van der Waals surface area contributed by atoms with Crippen LogP contribution in [0, 0.1) is 23.4 Å². The molecule has 3 rings (SSSR count). The number of benzene rings is 2. The Morgan fingerprint density at radius 3 is 2.41 bits per heavy atom. The molecular formula is C19H17F3N2O3. The van der Waals surface area contributed by atoms with E-state index in [1.807, 2.05) is 0 Å². The van der Waals surface area contributed by atoms with E-state index in [0.29, 0.717) is 23.6 Å². The van der Waals surface area contributed by atoms with Gasteiger partial charge in [-0.25, -0.2) is 13.2 Å². The monoisotopic (exact) mass is 378 g/mol. The molecule has 0 unspecified atom stereocenters. The molecule has 2 aromatic carbocycles. The van der Waals surface area contributed by atoms with Crippen LogP contribution in [0.3, 0.4) is 0 Å². The Bertz CT molecular complexity index is 848. The van der Waals surface area contributed by atoms with Crippen LogP contribution in [-0.4, -0.2) is 25.4 Å². The summed E-state index contributed by atoms with van der Waals surface area (Å²) in [7, 11) is 1.52. The molecule has 1 N–H and O–H groups in total. The molecule has 2 aromatic rings. The van der Waals surface area contributed by atoms with Crippen molar-refractivity contribution < 1.29 is 27.5 Å². The van der Waals surface area contributed by atoms with Gasteiger partial charge in [0.25, 0.3) is 0 Å². The van der Waals surface area contributed by atoms with Crippen molar-refractivity contribution in [3.63, 3.8) is 0 Å². The number of ether oxygens (including phenoxy) is 1. The second-order valence-corrected chi connectivity index (χ2v) is 6.15. The molecule has 142 valence electrons. The van der Waals surface area contributed by atoms with Gasteiger partial charge in [0, 0.05) is 37.8 Å². The fourth-order valence-electron chi connectivity index (χ4n) is 2.92. The first kappa shape index (κ1) is 18.8. The number of carbonyl (C=O) groups excluding carboxylic acids is 2. The molecule has 1 saturated heterocycles. The lowest BCUT2D eigenvalue weighted by Gasteiger charge is -2.17. The van der Waals surface area contributed by atoms with E-state index >= 15 is 0 Å². The van der Waals surface area contributed by atoms with Crippen LogP contribution in [0.2, 0.25) is 0 Å². The SMILES string of the molecule is CNC(=O)[C@@H]1CC(=O)N(c2ccc(OCc3c(F)cc(F)cc3F)cc2)C1. The van der Waals surface area contributed by atoms with Crippen molar-refractivity contribution in [2.75, 3.05) is 18.5 Å². The zero-order valence-electron chi connectivity index (χ0n) is 14.5. The fourth-order valence-corrected chi connectivity index (χ4v) is 2.92. The van der Waals surface area contributed by atoms with Gasteiger partial charge in [-0.3, -0.25) is 9.59 Å². The third-order valence-corrected chi connectivity index (χ3v) is 4.38. The lowest BCUT2D eigenvalue weighted by Crippen LogP contribution is -2.30. The number of nitrogens with zero attached hydrogens (tertiary/aromatic N) is 1. The summed E-state index contributed by atoms with van der Waals surface area (Å²) in [4.78, 5) is 25.3. The van der Waals surface area contributed by atoms with Crippen LogP contribution in [0.1, 0.15) is 12.0 Å². The van der Waals surface area contributed by atoms with E-state index in [1.54, 1.807) is 24.3 Å². The Morgan fingerprint density at radius 1 is 1.19 bits per heavy atom. The smallest absolute Gasteiger partial charge is 0.227 e. The van der Waals surface area contributed by atoms with Gasteiger partial charge in [-0.1, -0.05) is 0 Å². The quantitative estimate of drug-likeness (QED) is 0.871. The van der Waals surface area contributed by atoms with Gasteiger partial charge in [0.05, 0.1) is 11.5 Å². The number of amides is 2. The Kier molecular flexibility index (Phi) is 5.34. The van der Waals surface area contributed by atoms with Crippen molar-refractivity contribution >= 4 is 17.5 Å². The molecular weight excluding hydrogens is 361 g/mol. The van der Waals surface area contributed by atoms with Crippen LogP contribution in [-0.2, 0) is 16.2 Å². The summed E-state index contributed by atoms with van der Waals surface area (Å²) in [6.07, 6.45) is 0.140. The van der Waals surface area contributed by atoms with Crippen molar-refractivity contribution in [3.05, 3.63) is 59.4 Å². The second kappa shape index (κ2) is 7.69. The van der Waals surface area contributed by atoms with Gasteiger partial charge >= 0.3 is 0 Å². The molecule has 8 heteroatoms. The third-order valence-electron chi connectivity index (χ3n) is 4.38. The minimum atomic E-state index is -1.02. The van der Waals surface area contributed by atoms with E-state index in [1.165, 1.54) is 11.9 Å². The number of hydrogen-bond acceptors (Lipinski definition) is 3. The predicted octanol–water partition coefficient (Wildman–Crippen LogP) is 2.78. The minimum absolute atomic E-state index is 0.140. The topological polar surface area (TPSA) is 58.6 Å². The lowest BCUT2D eigenvalue weighted by atomic mass is 10.1. The first-order valence-electron chi connectivity index (χ1n) is 8.27. The lowest BCUT2D eigenvalue weighted by molar-refractivity contribution is -0.125. The molecule has 0 radical (unpaired) electrons. The Morgan fingerprint density at radius 2 is 1.81 bits per heavy atom. The molecule has 0 aromatic heterocycles. The Labute approximate surface area is 153 Å². The maximum Gasteiger partial charge on any atom is 0.227 e. The van der Waals surface area contributed by atoms with Crippen molar-refractivity contribution in [2.45, 2.75) is 13.0 Å². The second-order valence-electron chi connectivity index (χ2n) is 6.15. The summed E-state index contributed by atoms with van der Waals surface area (Å²) < 4.78 is 45.5. The summed E-state index contributed by atoms with van der Waals surface area (Å²) >= 11 is 0. The molecule has 0 bridgehead atoms. The summed E-state index contributed by atoms with van der Waals surface area (Å²) in [5, 5.41) is 2.53. The normalized spacial score (nSPS) is 16.5. The molecule has 1 fully saturated rings. The molecule has 1 aliphatic rings. The Hall–Kier alpha value is -3.03. The fraction of sp³-hybridized carbons (Fsp3) is 0.263. The summed E-state index contributed by atoms with van der Waals surface area (Å²) in [5.41, 5.74) is 0.224. The first-order valence-corrected chi connectivity index (χ1v) is 8.27. The molecule has 0 spiro atoms. The van der Waals surface area contributed by atoms with Gasteiger partial charge in [-0.2, -0.15) is 0 Å². The zero-order chi connectivity index (χ0) is 19.6. The average Bonchev–Trinajstić information content (AvgIpc) is 3.02. The van der Waals surface area contributed by atoms with Crippen LogP contribution in [0.4, 0.5) is 18.9 Å². The summed E-state index contributed by atoms with van der Waals surface area (Å²) in [6, 6.07) is 7.53. The molecule has 5 nitrogen and oxygen atoms in total. The average molecular weight is 378 g/mol. The highest BCUT2D eigenvalue weighted by molar-refractivity contribution is 6.00. The van der Waals surface area contributed by atoms with Gasteiger partial charge in [0.1, 0.15) is 29.8 Å². The van der Waals surface area contributed by atoms with Crippen LogP contribution < -0.4 is 15.0 Å². The molecule has 2 amide bonds. The maximum absolute atomic E-state index is 13.6. The minimum Gasteiger partial charge on any atom is -0.489 e. The zero-order valence-corrected chi connectivity index (χ0v) is 14.5. The highest BCUT2D eigenvalue weighted by atomic mass is 19.1. The van der Waals surface area contributed by atoms with Gasteiger partial charge in [0.15, 0.2) is 0 Å². The van der Waals surface area contributed by atoms with E-state index in [-0.39, 0.29) is 30.3 Å². The summed E-state index contributed by atoms with van der Waals surface area (Å²) in [6.45, 7) is -0.122. The van der Waals surface area contributed by atoms with Crippen LogP contribution >= 0.6 is 0 Å².